The van der Waals surface area contributed by atoms with Gasteiger partial charge >= 0.3 is 0 Å². The normalized spacial score (nSPS) is 40.0. The largest absolute Gasteiger partial charge is 0.394 e. The number of thiocarbonyl (C=S) groups is 1. The van der Waals surface area contributed by atoms with Gasteiger partial charge in [-0.3, -0.25) is 9.69 Å². The predicted octanol–water partition coefficient (Wildman–Crippen LogP) is -2.33. The van der Waals surface area contributed by atoms with E-state index in [4.69, 9.17) is 17.0 Å². The third kappa shape index (κ3) is 2.43. The van der Waals surface area contributed by atoms with Gasteiger partial charge < -0.3 is 30.5 Å². The maximum atomic E-state index is 12.6. The number of ether oxygens (including phenoxy) is 1. The minimum Gasteiger partial charge on any atom is -0.394 e. The van der Waals surface area contributed by atoms with Crippen molar-refractivity contribution in [1.82, 2.24) is 10.2 Å². The summed E-state index contributed by atoms with van der Waals surface area (Å²) in [5.74, 6) is -0.623. The average molecular weight is 320 g/mol. The van der Waals surface area contributed by atoms with Crippen molar-refractivity contribution in [2.24, 2.45) is 0 Å². The van der Waals surface area contributed by atoms with Crippen LogP contribution >= 0.6 is 12.2 Å². The van der Waals surface area contributed by atoms with Crippen molar-refractivity contribution in [3.8, 4) is 0 Å². The SMILES string of the molecule is CCCCN1C(=O)[C@]2(NC1=S)[C@H](O)[C@@H](CO)O[C@@H](O)[C@@H]2O. The van der Waals surface area contributed by atoms with Gasteiger partial charge in [0.15, 0.2) is 16.9 Å². The van der Waals surface area contributed by atoms with Crippen LogP contribution in [-0.4, -0.2) is 79.6 Å². The van der Waals surface area contributed by atoms with Gasteiger partial charge in [0.25, 0.3) is 5.91 Å². The van der Waals surface area contributed by atoms with E-state index in [-0.39, 0.29) is 5.11 Å². The van der Waals surface area contributed by atoms with E-state index in [0.29, 0.717) is 13.0 Å². The van der Waals surface area contributed by atoms with Crippen LogP contribution in [0, 0.1) is 0 Å². The van der Waals surface area contributed by atoms with Gasteiger partial charge in [-0.05, 0) is 18.6 Å². The van der Waals surface area contributed by atoms with Crippen LogP contribution in [0.4, 0.5) is 0 Å². The molecule has 0 aromatic carbocycles. The molecule has 5 N–H and O–H groups in total. The summed E-state index contributed by atoms with van der Waals surface area (Å²) in [6.07, 6.45) is -4.61. The topological polar surface area (TPSA) is 122 Å². The van der Waals surface area contributed by atoms with E-state index in [9.17, 15) is 25.2 Å². The highest BCUT2D eigenvalue weighted by Crippen LogP contribution is 2.34. The van der Waals surface area contributed by atoms with Gasteiger partial charge in [0.05, 0.1) is 6.61 Å². The number of hydrogen-bond acceptors (Lipinski definition) is 7. The molecule has 0 bridgehead atoms. The molecule has 0 radical (unpaired) electrons. The first-order valence-electron chi connectivity index (χ1n) is 6.84. The summed E-state index contributed by atoms with van der Waals surface area (Å²) >= 11 is 5.09. The van der Waals surface area contributed by atoms with Crippen LogP contribution in [0.3, 0.4) is 0 Å². The second kappa shape index (κ2) is 6.11. The van der Waals surface area contributed by atoms with Crippen LogP contribution in [-0.2, 0) is 9.53 Å². The van der Waals surface area contributed by atoms with E-state index in [1.54, 1.807) is 0 Å². The summed E-state index contributed by atoms with van der Waals surface area (Å²) in [5.41, 5.74) is -1.89. The number of amides is 1. The lowest BCUT2D eigenvalue weighted by Crippen LogP contribution is -2.74. The highest BCUT2D eigenvalue weighted by molar-refractivity contribution is 7.80. The van der Waals surface area contributed by atoms with Gasteiger partial charge in [-0.2, -0.15) is 0 Å². The number of rotatable bonds is 4. The Bertz CT molecular complexity index is 436. The van der Waals surface area contributed by atoms with Crippen molar-refractivity contribution in [2.45, 2.75) is 49.9 Å². The fraction of sp³-hybridized carbons (Fsp3) is 0.833. The molecule has 5 atom stereocenters. The second-order valence-corrected chi connectivity index (χ2v) is 5.63. The Balaban J connectivity index is 2.34. The number of aliphatic hydroxyl groups is 4. The molecule has 2 aliphatic rings. The van der Waals surface area contributed by atoms with Crippen molar-refractivity contribution < 1.29 is 30.0 Å². The van der Waals surface area contributed by atoms with E-state index in [1.807, 2.05) is 6.92 Å². The fourth-order valence-corrected chi connectivity index (χ4v) is 3.04. The first-order valence-corrected chi connectivity index (χ1v) is 7.25. The quantitative estimate of drug-likeness (QED) is 0.366. The van der Waals surface area contributed by atoms with Gasteiger partial charge in [0.2, 0.25) is 0 Å². The lowest BCUT2D eigenvalue weighted by atomic mass is 9.80. The van der Waals surface area contributed by atoms with Crippen molar-refractivity contribution in [1.29, 1.82) is 0 Å². The van der Waals surface area contributed by atoms with Crippen LogP contribution < -0.4 is 5.32 Å². The van der Waals surface area contributed by atoms with E-state index >= 15 is 0 Å². The average Bonchev–Trinajstić information content (AvgIpc) is 2.71. The zero-order valence-corrected chi connectivity index (χ0v) is 12.4. The summed E-state index contributed by atoms with van der Waals surface area (Å²) in [6, 6.07) is 0. The molecule has 2 rings (SSSR count). The van der Waals surface area contributed by atoms with Gasteiger partial charge in [-0.25, -0.2) is 0 Å². The minimum atomic E-state index is -1.89. The zero-order valence-electron chi connectivity index (χ0n) is 11.6. The fourth-order valence-electron chi connectivity index (χ4n) is 2.70. The number of aliphatic hydroxyl groups excluding tert-OH is 4. The molecule has 2 saturated heterocycles. The molecule has 120 valence electrons. The Morgan fingerprint density at radius 2 is 2.05 bits per heavy atom. The first-order chi connectivity index (χ1) is 9.90. The molecule has 9 heteroatoms. The third-order valence-corrected chi connectivity index (χ3v) is 4.27. The zero-order chi connectivity index (χ0) is 15.8. The highest BCUT2D eigenvalue weighted by Gasteiger charge is 2.65. The van der Waals surface area contributed by atoms with Crippen LogP contribution in [0.15, 0.2) is 0 Å². The molecule has 0 aromatic heterocycles. The molecule has 21 heavy (non-hydrogen) atoms. The number of carbonyl (C=O) groups is 1. The Hall–Kier alpha value is -0.840. The van der Waals surface area contributed by atoms with Gasteiger partial charge in [0.1, 0.15) is 18.3 Å². The number of hydrogen-bond donors (Lipinski definition) is 5. The molecule has 0 aromatic rings. The Morgan fingerprint density at radius 1 is 1.38 bits per heavy atom. The Kier molecular flexibility index (Phi) is 4.81. The summed E-state index contributed by atoms with van der Waals surface area (Å²) in [6.45, 7) is 1.70. The smallest absolute Gasteiger partial charge is 0.260 e. The van der Waals surface area contributed by atoms with Crippen molar-refractivity contribution >= 4 is 23.2 Å². The second-order valence-electron chi connectivity index (χ2n) is 5.25. The van der Waals surface area contributed by atoms with E-state index in [1.165, 1.54) is 4.90 Å². The molecular formula is C12H20N2O6S. The minimum absolute atomic E-state index is 0.0809. The van der Waals surface area contributed by atoms with Crippen LogP contribution in [0.25, 0.3) is 0 Å². The molecule has 0 unspecified atom stereocenters. The third-order valence-electron chi connectivity index (χ3n) is 3.94. The molecule has 2 heterocycles. The van der Waals surface area contributed by atoms with Crippen molar-refractivity contribution in [3.63, 3.8) is 0 Å². The van der Waals surface area contributed by atoms with Gasteiger partial charge in [0, 0.05) is 6.54 Å². The summed E-state index contributed by atoms with van der Waals surface area (Å²) in [7, 11) is 0. The molecule has 1 amide bonds. The number of unbranched alkanes of at least 4 members (excludes halogenated alkanes) is 1. The van der Waals surface area contributed by atoms with Crippen LogP contribution in [0.2, 0.25) is 0 Å². The molecule has 2 aliphatic heterocycles. The van der Waals surface area contributed by atoms with Crippen molar-refractivity contribution in [3.05, 3.63) is 0 Å². The van der Waals surface area contributed by atoms with E-state index < -0.39 is 42.7 Å². The Labute approximate surface area is 127 Å². The van der Waals surface area contributed by atoms with E-state index in [2.05, 4.69) is 5.32 Å². The van der Waals surface area contributed by atoms with Crippen LogP contribution in [0.5, 0.6) is 0 Å². The molecule has 8 nitrogen and oxygen atoms in total. The molecule has 2 fully saturated rings. The monoisotopic (exact) mass is 320 g/mol. The summed E-state index contributed by atoms with van der Waals surface area (Å²) in [5, 5.41) is 42.1. The van der Waals surface area contributed by atoms with Gasteiger partial charge in [-0.15, -0.1) is 0 Å². The highest BCUT2D eigenvalue weighted by atomic mass is 32.1. The lowest BCUT2D eigenvalue weighted by molar-refractivity contribution is -0.277. The molecule has 0 aliphatic carbocycles. The maximum absolute atomic E-state index is 12.6. The van der Waals surface area contributed by atoms with Crippen molar-refractivity contribution in [2.75, 3.05) is 13.2 Å². The predicted molar refractivity (Wildman–Crippen MR) is 75.1 cm³/mol. The summed E-state index contributed by atoms with van der Waals surface area (Å²) in [4.78, 5) is 13.9. The maximum Gasteiger partial charge on any atom is 0.260 e. The van der Waals surface area contributed by atoms with Crippen LogP contribution in [0.1, 0.15) is 19.8 Å². The molecule has 0 saturated carbocycles. The molecule has 1 spiro atoms. The summed E-state index contributed by atoms with van der Waals surface area (Å²) < 4.78 is 4.90. The standard InChI is InChI=1S/C12H20N2O6S/c1-2-3-4-14-10(19)12(13-11(14)21)7(16)6(5-15)20-9(18)8(12)17/h6-9,15-18H,2-5H2,1H3,(H,13,21)/t6-,7-,8+,9-,12+/m1/s1. The number of carbonyl (C=O) groups excluding carboxylic acids is 1. The molecular weight excluding hydrogens is 300 g/mol. The Morgan fingerprint density at radius 3 is 2.62 bits per heavy atom. The lowest BCUT2D eigenvalue weighted by Gasteiger charge is -2.45. The first kappa shape index (κ1) is 16.5. The number of nitrogens with one attached hydrogen (secondary N) is 1. The number of nitrogens with zero attached hydrogens (tertiary/aromatic N) is 1. The van der Waals surface area contributed by atoms with E-state index in [0.717, 1.165) is 6.42 Å². The van der Waals surface area contributed by atoms with Gasteiger partial charge in [-0.1, -0.05) is 13.3 Å².